The standard InChI is InChI=1S/C32H34BrN3O2/c1-38-25-7-8-26-23(14-25)4-9-27-30(26)34-28(18-32-15-20-10-21(16-32)12-22(11-20)17-32)31(35-27)36-29(37)13-19-2-5-24(33)6-3-19/h2-3,5-8,14,20-22H,4,9-13,15-18H2,1H3,(H,35,36,37). The molecule has 38 heavy (non-hydrogen) atoms. The smallest absolute Gasteiger partial charge is 0.229 e. The largest absolute Gasteiger partial charge is 0.497 e. The van der Waals surface area contributed by atoms with E-state index in [0.29, 0.717) is 17.7 Å². The molecule has 1 heterocycles. The lowest BCUT2D eigenvalue weighted by Gasteiger charge is -2.57. The number of hydrogen-bond acceptors (Lipinski definition) is 4. The Morgan fingerprint density at radius 3 is 2.39 bits per heavy atom. The maximum absolute atomic E-state index is 13.2. The van der Waals surface area contributed by atoms with Crippen LogP contribution in [0.5, 0.6) is 5.75 Å². The minimum absolute atomic E-state index is 0.0331. The average Bonchev–Trinajstić information content (AvgIpc) is 2.89. The molecule has 0 saturated heterocycles. The monoisotopic (exact) mass is 571 g/mol. The molecule has 1 aromatic heterocycles. The summed E-state index contributed by atoms with van der Waals surface area (Å²) in [4.78, 5) is 23.7. The Morgan fingerprint density at radius 1 is 1.00 bits per heavy atom. The van der Waals surface area contributed by atoms with Gasteiger partial charge in [0, 0.05) is 10.0 Å². The van der Waals surface area contributed by atoms with Gasteiger partial charge < -0.3 is 10.1 Å². The number of halogens is 1. The molecule has 0 unspecified atom stereocenters. The van der Waals surface area contributed by atoms with Gasteiger partial charge in [-0.15, -0.1) is 0 Å². The van der Waals surface area contributed by atoms with Crippen LogP contribution in [0.3, 0.4) is 0 Å². The summed E-state index contributed by atoms with van der Waals surface area (Å²) in [5, 5.41) is 3.20. The minimum Gasteiger partial charge on any atom is -0.497 e. The van der Waals surface area contributed by atoms with E-state index in [9.17, 15) is 4.79 Å². The molecule has 1 amide bonds. The lowest BCUT2D eigenvalue weighted by Crippen LogP contribution is -2.47. The van der Waals surface area contributed by atoms with Crippen molar-refractivity contribution in [2.45, 2.75) is 64.2 Å². The van der Waals surface area contributed by atoms with Crippen LogP contribution in [0.25, 0.3) is 11.3 Å². The summed E-state index contributed by atoms with van der Waals surface area (Å²) >= 11 is 3.48. The molecular formula is C32H34BrN3O2. The zero-order valence-corrected chi connectivity index (χ0v) is 23.5. The van der Waals surface area contributed by atoms with Crippen molar-refractivity contribution < 1.29 is 9.53 Å². The molecule has 5 aliphatic rings. The van der Waals surface area contributed by atoms with Crippen LogP contribution in [-0.4, -0.2) is 23.0 Å². The number of nitrogens with one attached hydrogen (secondary N) is 1. The molecule has 6 heteroatoms. The first kappa shape index (κ1) is 24.3. The summed E-state index contributed by atoms with van der Waals surface area (Å²) in [6, 6.07) is 14.2. The molecule has 4 saturated carbocycles. The normalized spacial score (nSPS) is 26.5. The molecule has 5 aliphatic carbocycles. The average molecular weight is 573 g/mol. The van der Waals surface area contributed by atoms with E-state index in [1.54, 1.807) is 7.11 Å². The number of aryl methyl sites for hydroxylation is 2. The molecule has 2 aromatic carbocycles. The van der Waals surface area contributed by atoms with E-state index < -0.39 is 0 Å². The van der Waals surface area contributed by atoms with Crippen LogP contribution in [0.1, 0.15) is 61.0 Å². The third-order valence-electron chi connectivity index (χ3n) is 9.48. The first-order valence-corrected chi connectivity index (χ1v) is 14.9. The van der Waals surface area contributed by atoms with Gasteiger partial charge in [-0.05, 0) is 122 Å². The Hall–Kier alpha value is -2.73. The molecule has 4 bridgehead atoms. The van der Waals surface area contributed by atoms with E-state index in [2.05, 4.69) is 33.4 Å². The number of fused-ring (bicyclic) bond motifs is 3. The second-order valence-electron chi connectivity index (χ2n) is 12.3. The van der Waals surface area contributed by atoms with Crippen molar-refractivity contribution in [3.63, 3.8) is 0 Å². The highest BCUT2D eigenvalue weighted by atomic mass is 79.9. The summed E-state index contributed by atoms with van der Waals surface area (Å²) in [5.74, 6) is 4.14. The quantitative estimate of drug-likeness (QED) is 0.347. The number of amides is 1. The number of hydrogen-bond donors (Lipinski definition) is 1. The molecule has 0 spiro atoms. The highest BCUT2D eigenvalue weighted by Crippen LogP contribution is 2.61. The van der Waals surface area contributed by atoms with E-state index in [-0.39, 0.29) is 5.91 Å². The van der Waals surface area contributed by atoms with E-state index in [1.165, 1.54) is 44.1 Å². The van der Waals surface area contributed by atoms with Gasteiger partial charge in [0.1, 0.15) is 5.75 Å². The summed E-state index contributed by atoms with van der Waals surface area (Å²) < 4.78 is 6.49. The van der Waals surface area contributed by atoms with Gasteiger partial charge in [-0.3, -0.25) is 4.79 Å². The first-order chi connectivity index (χ1) is 18.4. The van der Waals surface area contributed by atoms with E-state index in [1.807, 2.05) is 30.3 Å². The third kappa shape index (κ3) is 4.55. The molecular weight excluding hydrogens is 538 g/mol. The van der Waals surface area contributed by atoms with E-state index in [0.717, 1.165) is 75.4 Å². The maximum atomic E-state index is 13.2. The second kappa shape index (κ2) is 9.48. The van der Waals surface area contributed by atoms with E-state index >= 15 is 0 Å². The fourth-order valence-corrected chi connectivity index (χ4v) is 8.60. The number of methoxy groups -OCH3 is 1. The fourth-order valence-electron chi connectivity index (χ4n) is 8.33. The molecule has 0 radical (unpaired) electrons. The lowest BCUT2D eigenvalue weighted by molar-refractivity contribution is -0.115. The Bertz CT molecular complexity index is 1370. The van der Waals surface area contributed by atoms with Crippen molar-refractivity contribution in [2.24, 2.45) is 23.2 Å². The highest BCUT2D eigenvalue weighted by molar-refractivity contribution is 9.10. The second-order valence-corrected chi connectivity index (χ2v) is 13.2. The van der Waals surface area contributed by atoms with Crippen molar-refractivity contribution in [3.05, 3.63) is 69.5 Å². The van der Waals surface area contributed by atoms with Crippen LogP contribution >= 0.6 is 15.9 Å². The Kier molecular flexibility index (Phi) is 6.06. The number of rotatable bonds is 6. The summed E-state index contributed by atoms with van der Waals surface area (Å²) in [5.41, 5.74) is 6.65. The van der Waals surface area contributed by atoms with Gasteiger partial charge in [-0.2, -0.15) is 0 Å². The summed E-state index contributed by atoms with van der Waals surface area (Å²) in [6.07, 6.45) is 11.1. The number of aromatic nitrogens is 2. The summed E-state index contributed by atoms with van der Waals surface area (Å²) in [6.45, 7) is 0. The minimum atomic E-state index is -0.0331. The zero-order valence-electron chi connectivity index (χ0n) is 21.9. The van der Waals surface area contributed by atoms with Crippen LogP contribution in [-0.2, 0) is 30.5 Å². The fraction of sp³-hybridized carbons (Fsp3) is 0.469. The number of nitrogens with zero attached hydrogens (tertiary/aromatic N) is 2. The SMILES string of the molecule is COc1ccc2c(c1)CCc1nc(NC(=O)Cc3ccc(Br)cc3)c(CC34CC5CC(CC(C5)C3)C4)nc1-2. The van der Waals surface area contributed by atoms with Crippen LogP contribution in [0.15, 0.2) is 46.9 Å². The van der Waals surface area contributed by atoms with Gasteiger partial charge >= 0.3 is 0 Å². The molecule has 0 atom stereocenters. The van der Waals surface area contributed by atoms with Gasteiger partial charge in [-0.25, -0.2) is 9.97 Å². The van der Waals surface area contributed by atoms with E-state index in [4.69, 9.17) is 14.7 Å². The van der Waals surface area contributed by atoms with Crippen molar-refractivity contribution in [1.82, 2.24) is 9.97 Å². The maximum Gasteiger partial charge on any atom is 0.229 e. The molecule has 3 aromatic rings. The van der Waals surface area contributed by atoms with Gasteiger partial charge in [0.2, 0.25) is 5.91 Å². The number of anilines is 1. The summed E-state index contributed by atoms with van der Waals surface area (Å²) in [7, 11) is 1.71. The Balaban J connectivity index is 1.24. The Morgan fingerprint density at radius 2 is 1.71 bits per heavy atom. The third-order valence-corrected chi connectivity index (χ3v) is 10.0. The molecule has 4 fully saturated rings. The van der Waals surface area contributed by atoms with Gasteiger partial charge in [0.15, 0.2) is 5.82 Å². The Labute approximate surface area is 232 Å². The number of ether oxygens (including phenoxy) is 1. The van der Waals surface area contributed by atoms with Crippen LogP contribution in [0.4, 0.5) is 5.82 Å². The molecule has 8 rings (SSSR count). The number of benzene rings is 2. The van der Waals surface area contributed by atoms with Crippen molar-refractivity contribution in [1.29, 1.82) is 0 Å². The predicted octanol–water partition coefficient (Wildman–Crippen LogP) is 6.95. The zero-order chi connectivity index (χ0) is 25.9. The van der Waals surface area contributed by atoms with Gasteiger partial charge in [0.05, 0.1) is 30.6 Å². The van der Waals surface area contributed by atoms with Gasteiger partial charge in [0.25, 0.3) is 0 Å². The highest BCUT2D eigenvalue weighted by Gasteiger charge is 2.51. The van der Waals surface area contributed by atoms with Crippen molar-refractivity contribution >= 4 is 27.7 Å². The molecule has 0 aliphatic heterocycles. The topological polar surface area (TPSA) is 64.1 Å². The van der Waals surface area contributed by atoms with Crippen molar-refractivity contribution in [2.75, 3.05) is 12.4 Å². The molecule has 5 nitrogen and oxygen atoms in total. The number of carbonyl (C=O) groups excluding carboxylic acids is 1. The van der Waals surface area contributed by atoms with Crippen LogP contribution in [0, 0.1) is 23.2 Å². The molecule has 196 valence electrons. The predicted molar refractivity (Wildman–Crippen MR) is 152 cm³/mol. The van der Waals surface area contributed by atoms with Crippen LogP contribution < -0.4 is 10.1 Å². The van der Waals surface area contributed by atoms with Crippen molar-refractivity contribution in [3.8, 4) is 17.0 Å². The lowest BCUT2D eigenvalue weighted by atomic mass is 9.48. The van der Waals surface area contributed by atoms with Crippen LogP contribution in [0.2, 0.25) is 0 Å². The number of carbonyl (C=O) groups is 1. The first-order valence-electron chi connectivity index (χ1n) is 14.1. The molecule has 1 N–H and O–H groups in total. The van der Waals surface area contributed by atoms with Gasteiger partial charge in [-0.1, -0.05) is 28.1 Å².